The zero-order valence-electron chi connectivity index (χ0n) is 11.2. The minimum Gasteiger partial charge on any atom is -0.399 e. The van der Waals surface area contributed by atoms with Crippen LogP contribution < -0.4 is 11.5 Å². The predicted octanol–water partition coefficient (Wildman–Crippen LogP) is 2.27. The molecule has 0 atom stereocenters. The molecule has 0 saturated carbocycles. The summed E-state index contributed by atoms with van der Waals surface area (Å²) in [6, 6.07) is 14.5. The van der Waals surface area contributed by atoms with E-state index in [4.69, 9.17) is 11.5 Å². The molecule has 3 aromatic rings. The maximum Gasteiger partial charge on any atom is 0.198 e. The second-order valence-corrected chi connectivity index (χ2v) is 4.68. The maximum absolute atomic E-state index is 12.4. The summed E-state index contributed by atoms with van der Waals surface area (Å²) in [6.07, 6.45) is 3.22. The van der Waals surface area contributed by atoms with Gasteiger partial charge in [-0.1, -0.05) is 18.2 Å². The standard InChI is InChI=1S/C16H14N4O/c17-12-6-7-14(15(18)8-12)16(21)11-9-19-20(10-11)13-4-2-1-3-5-13/h1-10H,17-18H2. The lowest BCUT2D eigenvalue weighted by Crippen LogP contribution is -2.05. The van der Waals surface area contributed by atoms with E-state index in [9.17, 15) is 4.79 Å². The highest BCUT2D eigenvalue weighted by atomic mass is 16.1. The number of hydrogen-bond donors (Lipinski definition) is 2. The number of nitrogen functional groups attached to an aromatic ring is 2. The van der Waals surface area contributed by atoms with Crippen LogP contribution >= 0.6 is 0 Å². The normalized spacial score (nSPS) is 10.5. The van der Waals surface area contributed by atoms with Gasteiger partial charge in [-0.15, -0.1) is 0 Å². The van der Waals surface area contributed by atoms with Gasteiger partial charge in [0.1, 0.15) is 0 Å². The van der Waals surface area contributed by atoms with Crippen LogP contribution in [0.5, 0.6) is 0 Å². The number of hydrogen-bond acceptors (Lipinski definition) is 4. The van der Waals surface area contributed by atoms with E-state index < -0.39 is 0 Å². The first-order valence-electron chi connectivity index (χ1n) is 6.45. The molecule has 2 aromatic carbocycles. The number of carbonyl (C=O) groups excluding carboxylic acids is 1. The summed E-state index contributed by atoms with van der Waals surface area (Å²) in [7, 11) is 0. The van der Waals surface area contributed by atoms with Crippen molar-refractivity contribution >= 4 is 17.2 Å². The molecule has 4 N–H and O–H groups in total. The maximum atomic E-state index is 12.4. The molecule has 5 nitrogen and oxygen atoms in total. The van der Waals surface area contributed by atoms with Gasteiger partial charge in [0.05, 0.1) is 17.4 Å². The van der Waals surface area contributed by atoms with Gasteiger partial charge >= 0.3 is 0 Å². The number of nitrogens with zero attached hydrogens (tertiary/aromatic N) is 2. The number of para-hydroxylation sites is 1. The van der Waals surface area contributed by atoms with Crippen molar-refractivity contribution in [3.63, 3.8) is 0 Å². The number of nitrogens with two attached hydrogens (primary N) is 2. The SMILES string of the molecule is Nc1ccc(C(=O)c2cnn(-c3ccccc3)c2)c(N)c1. The van der Waals surface area contributed by atoms with E-state index in [-0.39, 0.29) is 5.78 Å². The van der Waals surface area contributed by atoms with Gasteiger partial charge in [-0.2, -0.15) is 5.10 Å². The number of aromatic nitrogens is 2. The summed E-state index contributed by atoms with van der Waals surface area (Å²) in [6.45, 7) is 0. The largest absolute Gasteiger partial charge is 0.399 e. The molecule has 0 unspecified atom stereocenters. The smallest absolute Gasteiger partial charge is 0.198 e. The van der Waals surface area contributed by atoms with E-state index in [1.54, 1.807) is 29.1 Å². The lowest BCUT2D eigenvalue weighted by molar-refractivity contribution is 0.103. The van der Waals surface area contributed by atoms with E-state index in [0.29, 0.717) is 22.5 Å². The minimum absolute atomic E-state index is 0.172. The fourth-order valence-electron chi connectivity index (χ4n) is 2.11. The van der Waals surface area contributed by atoms with Crippen LogP contribution in [0, 0.1) is 0 Å². The van der Waals surface area contributed by atoms with Crippen molar-refractivity contribution in [1.29, 1.82) is 0 Å². The van der Waals surface area contributed by atoms with Crippen LogP contribution in [0.25, 0.3) is 5.69 Å². The van der Waals surface area contributed by atoms with Crippen molar-refractivity contribution in [2.75, 3.05) is 11.5 Å². The van der Waals surface area contributed by atoms with Crippen LogP contribution in [0.2, 0.25) is 0 Å². The van der Waals surface area contributed by atoms with Crippen molar-refractivity contribution in [2.45, 2.75) is 0 Å². The van der Waals surface area contributed by atoms with Crippen molar-refractivity contribution in [1.82, 2.24) is 9.78 Å². The molecule has 0 radical (unpaired) electrons. The summed E-state index contributed by atoms with van der Waals surface area (Å²) in [5.74, 6) is -0.172. The van der Waals surface area contributed by atoms with Crippen LogP contribution in [-0.4, -0.2) is 15.6 Å². The molecule has 104 valence electrons. The summed E-state index contributed by atoms with van der Waals surface area (Å²) in [5.41, 5.74) is 14.2. The highest BCUT2D eigenvalue weighted by Gasteiger charge is 2.14. The summed E-state index contributed by atoms with van der Waals surface area (Å²) >= 11 is 0. The molecule has 0 aliphatic rings. The van der Waals surface area contributed by atoms with Crippen molar-refractivity contribution in [3.05, 3.63) is 72.1 Å². The summed E-state index contributed by atoms with van der Waals surface area (Å²) in [5, 5.41) is 4.21. The molecule has 0 saturated heterocycles. The van der Waals surface area contributed by atoms with E-state index in [1.807, 2.05) is 30.3 Å². The third-order valence-electron chi connectivity index (χ3n) is 3.19. The number of rotatable bonds is 3. The van der Waals surface area contributed by atoms with Crippen molar-refractivity contribution in [2.24, 2.45) is 0 Å². The quantitative estimate of drug-likeness (QED) is 0.568. The number of carbonyl (C=O) groups is 1. The molecule has 0 spiro atoms. The molecule has 5 heteroatoms. The molecule has 0 amide bonds. The van der Waals surface area contributed by atoms with Crippen LogP contribution in [0.1, 0.15) is 15.9 Å². The fourth-order valence-corrected chi connectivity index (χ4v) is 2.11. The Hall–Kier alpha value is -3.08. The Bertz CT molecular complexity index is 793. The highest BCUT2D eigenvalue weighted by molar-refractivity contribution is 6.12. The van der Waals surface area contributed by atoms with Gasteiger partial charge in [-0.05, 0) is 30.3 Å². The van der Waals surface area contributed by atoms with E-state index >= 15 is 0 Å². The van der Waals surface area contributed by atoms with E-state index in [2.05, 4.69) is 5.10 Å². The Labute approximate surface area is 121 Å². The molecule has 0 aliphatic carbocycles. The van der Waals surface area contributed by atoms with Gasteiger partial charge < -0.3 is 11.5 Å². The molecule has 0 aliphatic heterocycles. The Morgan fingerprint density at radius 1 is 1.05 bits per heavy atom. The zero-order valence-corrected chi connectivity index (χ0v) is 11.2. The van der Waals surface area contributed by atoms with Gasteiger partial charge in [0.15, 0.2) is 5.78 Å². The second-order valence-electron chi connectivity index (χ2n) is 4.68. The average Bonchev–Trinajstić information content (AvgIpc) is 2.97. The highest BCUT2D eigenvalue weighted by Crippen LogP contribution is 2.20. The number of ketones is 1. The first-order chi connectivity index (χ1) is 10.1. The van der Waals surface area contributed by atoms with Gasteiger partial charge in [0.2, 0.25) is 0 Å². The topological polar surface area (TPSA) is 86.9 Å². The molecule has 3 rings (SSSR count). The lowest BCUT2D eigenvalue weighted by atomic mass is 10.0. The molecule has 1 heterocycles. The van der Waals surface area contributed by atoms with Crippen molar-refractivity contribution < 1.29 is 4.79 Å². The first-order valence-corrected chi connectivity index (χ1v) is 6.45. The van der Waals surface area contributed by atoms with E-state index in [0.717, 1.165) is 5.69 Å². The van der Waals surface area contributed by atoms with E-state index in [1.165, 1.54) is 6.20 Å². The minimum atomic E-state index is -0.172. The Morgan fingerprint density at radius 3 is 2.52 bits per heavy atom. The van der Waals surface area contributed by atoms with Gasteiger partial charge in [-0.3, -0.25) is 4.79 Å². The number of benzene rings is 2. The summed E-state index contributed by atoms with van der Waals surface area (Å²) < 4.78 is 1.65. The van der Waals surface area contributed by atoms with Crippen LogP contribution in [0.4, 0.5) is 11.4 Å². The van der Waals surface area contributed by atoms with Crippen LogP contribution in [-0.2, 0) is 0 Å². The first kappa shape index (κ1) is 12.9. The third-order valence-corrected chi connectivity index (χ3v) is 3.19. The van der Waals surface area contributed by atoms with Gasteiger partial charge in [0, 0.05) is 23.1 Å². The molecule has 21 heavy (non-hydrogen) atoms. The molecule has 0 fully saturated rings. The average molecular weight is 278 g/mol. The fraction of sp³-hybridized carbons (Fsp3) is 0. The second kappa shape index (κ2) is 5.13. The van der Waals surface area contributed by atoms with Crippen LogP contribution in [0.15, 0.2) is 60.9 Å². The van der Waals surface area contributed by atoms with Gasteiger partial charge in [0.25, 0.3) is 0 Å². The molecular formula is C16H14N4O. The molecular weight excluding hydrogens is 264 g/mol. The van der Waals surface area contributed by atoms with Crippen LogP contribution in [0.3, 0.4) is 0 Å². The Balaban J connectivity index is 1.94. The zero-order chi connectivity index (χ0) is 14.8. The summed E-state index contributed by atoms with van der Waals surface area (Å²) in [4.78, 5) is 12.4. The van der Waals surface area contributed by atoms with Gasteiger partial charge in [-0.25, -0.2) is 4.68 Å². The molecule has 0 bridgehead atoms. The molecule has 1 aromatic heterocycles. The van der Waals surface area contributed by atoms with Crippen molar-refractivity contribution in [3.8, 4) is 5.69 Å². The Kier molecular flexibility index (Phi) is 3.16. The predicted molar refractivity (Wildman–Crippen MR) is 82.3 cm³/mol. The number of anilines is 2. The lowest BCUT2D eigenvalue weighted by Gasteiger charge is -2.04. The Morgan fingerprint density at radius 2 is 1.81 bits per heavy atom. The third kappa shape index (κ3) is 2.49. The monoisotopic (exact) mass is 278 g/mol.